The van der Waals surface area contributed by atoms with Gasteiger partial charge in [-0.05, 0) is 29.5 Å². The number of nitrogens with zero attached hydrogens (tertiary/aromatic N) is 5. The quantitative estimate of drug-likeness (QED) is 0.677. The van der Waals surface area contributed by atoms with Crippen LogP contribution in [0.15, 0.2) is 27.9 Å². The first-order valence-corrected chi connectivity index (χ1v) is 7.92. The second-order valence-corrected chi connectivity index (χ2v) is 5.91. The van der Waals surface area contributed by atoms with Crippen LogP contribution in [-0.2, 0) is 13.6 Å². The van der Waals surface area contributed by atoms with Gasteiger partial charge in [-0.15, -0.1) is 0 Å². The summed E-state index contributed by atoms with van der Waals surface area (Å²) in [6.45, 7) is 2.15. The molecule has 1 N–H and O–H groups in total. The Bertz CT molecular complexity index is 1090. The van der Waals surface area contributed by atoms with Crippen LogP contribution in [0.3, 0.4) is 0 Å². The van der Waals surface area contributed by atoms with Gasteiger partial charge in [0.25, 0.3) is 5.56 Å². The molecule has 0 aliphatic carbocycles. The normalized spacial score (nSPS) is 11.0. The molecule has 3 rings (SSSR count). The van der Waals surface area contributed by atoms with Crippen LogP contribution in [0.2, 0.25) is 10.0 Å². The van der Waals surface area contributed by atoms with Crippen LogP contribution in [0.4, 0.5) is 0 Å². The SMILES string of the molecule is CCn1[nH]cc(C(=O)c2ccc(Cl)c(-n3nnn(C)c3=O)c2Cl)c1=O. The molecule has 9 nitrogen and oxygen atoms in total. The molecular formula is C14H12Cl2N6O3. The Morgan fingerprint density at radius 1 is 1.20 bits per heavy atom. The van der Waals surface area contributed by atoms with Crippen molar-refractivity contribution in [3.05, 3.63) is 60.3 Å². The molecule has 0 aliphatic rings. The number of carbonyl (C=O) groups excluding carboxylic acids is 1. The monoisotopic (exact) mass is 382 g/mol. The van der Waals surface area contributed by atoms with Crippen molar-refractivity contribution < 1.29 is 4.79 Å². The summed E-state index contributed by atoms with van der Waals surface area (Å²) in [6, 6.07) is 2.79. The van der Waals surface area contributed by atoms with Crippen LogP contribution < -0.4 is 11.2 Å². The second kappa shape index (κ2) is 6.34. The van der Waals surface area contributed by atoms with Gasteiger partial charge in [0, 0.05) is 25.4 Å². The van der Waals surface area contributed by atoms with Crippen molar-refractivity contribution in [2.24, 2.45) is 7.05 Å². The third kappa shape index (κ3) is 2.71. The lowest BCUT2D eigenvalue weighted by Crippen LogP contribution is -2.24. The number of benzene rings is 1. The van der Waals surface area contributed by atoms with Gasteiger partial charge >= 0.3 is 5.69 Å². The van der Waals surface area contributed by atoms with Crippen LogP contribution in [0.5, 0.6) is 0 Å². The van der Waals surface area contributed by atoms with Crippen molar-refractivity contribution >= 4 is 29.0 Å². The van der Waals surface area contributed by atoms with E-state index in [0.717, 1.165) is 9.36 Å². The van der Waals surface area contributed by atoms with Crippen LogP contribution in [0.1, 0.15) is 22.8 Å². The molecule has 0 bridgehead atoms. The zero-order valence-corrected chi connectivity index (χ0v) is 14.7. The van der Waals surface area contributed by atoms with Crippen molar-refractivity contribution in [1.29, 1.82) is 0 Å². The maximum absolute atomic E-state index is 12.7. The number of hydrogen-bond acceptors (Lipinski definition) is 5. The highest BCUT2D eigenvalue weighted by molar-refractivity contribution is 6.40. The van der Waals surface area contributed by atoms with Crippen LogP contribution in [-0.4, -0.2) is 35.4 Å². The molecule has 25 heavy (non-hydrogen) atoms. The number of halogens is 2. The molecule has 0 saturated heterocycles. The minimum absolute atomic E-state index is 0.0259. The summed E-state index contributed by atoms with van der Waals surface area (Å²) in [4.78, 5) is 36.9. The molecule has 0 fully saturated rings. The highest BCUT2D eigenvalue weighted by atomic mass is 35.5. The maximum Gasteiger partial charge on any atom is 0.368 e. The number of carbonyl (C=O) groups is 1. The Morgan fingerprint density at radius 2 is 1.92 bits per heavy atom. The number of rotatable bonds is 4. The lowest BCUT2D eigenvalue weighted by Gasteiger charge is -2.09. The number of nitrogens with one attached hydrogen (secondary N) is 1. The van der Waals surface area contributed by atoms with Gasteiger partial charge in [0.1, 0.15) is 11.3 Å². The van der Waals surface area contributed by atoms with E-state index in [1.807, 2.05) is 0 Å². The summed E-state index contributed by atoms with van der Waals surface area (Å²) >= 11 is 12.4. The Morgan fingerprint density at radius 3 is 2.48 bits per heavy atom. The molecule has 2 heterocycles. The summed E-state index contributed by atoms with van der Waals surface area (Å²) in [5.74, 6) is -0.590. The van der Waals surface area contributed by atoms with E-state index in [1.165, 1.54) is 30.1 Å². The number of ketones is 1. The fourth-order valence-electron chi connectivity index (χ4n) is 2.32. The molecule has 2 aromatic heterocycles. The molecule has 0 saturated carbocycles. The number of tetrazole rings is 1. The van der Waals surface area contributed by atoms with Gasteiger partial charge in [-0.25, -0.2) is 4.79 Å². The summed E-state index contributed by atoms with van der Waals surface area (Å²) in [5, 5.41) is 9.99. The zero-order chi connectivity index (χ0) is 18.3. The largest absolute Gasteiger partial charge is 0.368 e. The Labute approximate surface area is 150 Å². The van der Waals surface area contributed by atoms with Gasteiger partial charge < -0.3 is 5.10 Å². The number of aryl methyl sites for hydroxylation is 2. The minimum Gasteiger partial charge on any atom is -0.302 e. The standard InChI is InChI=1S/C14H12Cl2N6O3/c1-3-21-13(24)8(6-17-21)12(23)7-4-5-9(15)11(10(7)16)22-14(25)20(2)18-19-22/h4-6,17H,3H2,1-2H3. The summed E-state index contributed by atoms with van der Waals surface area (Å²) in [6.07, 6.45) is 1.31. The van der Waals surface area contributed by atoms with Crippen LogP contribution in [0, 0.1) is 0 Å². The molecule has 0 spiro atoms. The van der Waals surface area contributed by atoms with Gasteiger partial charge in [0.05, 0.1) is 10.0 Å². The molecule has 0 atom stereocenters. The molecule has 130 valence electrons. The number of hydrogen-bond donors (Lipinski definition) is 1. The molecule has 11 heteroatoms. The van der Waals surface area contributed by atoms with Crippen LogP contribution >= 0.6 is 23.2 Å². The minimum atomic E-state index is -0.590. The van der Waals surface area contributed by atoms with E-state index in [-0.39, 0.29) is 26.9 Å². The first-order valence-electron chi connectivity index (χ1n) is 7.17. The third-order valence-electron chi connectivity index (χ3n) is 3.65. The highest BCUT2D eigenvalue weighted by Crippen LogP contribution is 2.31. The molecule has 1 aromatic carbocycles. The van der Waals surface area contributed by atoms with E-state index in [1.54, 1.807) is 6.92 Å². The van der Waals surface area contributed by atoms with Crippen LogP contribution in [0.25, 0.3) is 5.69 Å². The van der Waals surface area contributed by atoms with Crippen molar-refractivity contribution in [2.75, 3.05) is 0 Å². The molecular weight excluding hydrogens is 371 g/mol. The zero-order valence-electron chi connectivity index (χ0n) is 13.2. The van der Waals surface area contributed by atoms with E-state index in [4.69, 9.17) is 23.2 Å². The van der Waals surface area contributed by atoms with E-state index in [2.05, 4.69) is 15.5 Å². The van der Waals surface area contributed by atoms with Crippen molar-refractivity contribution in [2.45, 2.75) is 13.5 Å². The highest BCUT2D eigenvalue weighted by Gasteiger charge is 2.23. The molecule has 3 aromatic rings. The van der Waals surface area contributed by atoms with E-state index >= 15 is 0 Å². The number of aromatic nitrogens is 6. The predicted molar refractivity (Wildman–Crippen MR) is 90.8 cm³/mol. The molecule has 0 aliphatic heterocycles. The lowest BCUT2D eigenvalue weighted by molar-refractivity contribution is 0.103. The van der Waals surface area contributed by atoms with Gasteiger partial charge in [0.15, 0.2) is 0 Å². The van der Waals surface area contributed by atoms with E-state index in [0.29, 0.717) is 6.54 Å². The molecule has 0 radical (unpaired) electrons. The Hall–Kier alpha value is -2.65. The fraction of sp³-hybridized carbons (Fsp3) is 0.214. The number of aromatic amines is 1. The average Bonchev–Trinajstić information content (AvgIpc) is 3.11. The molecule has 0 unspecified atom stereocenters. The van der Waals surface area contributed by atoms with Crippen molar-refractivity contribution in [3.8, 4) is 5.69 Å². The van der Waals surface area contributed by atoms with Crippen molar-refractivity contribution in [3.63, 3.8) is 0 Å². The fourth-order valence-corrected chi connectivity index (χ4v) is 2.93. The van der Waals surface area contributed by atoms with Crippen molar-refractivity contribution in [1.82, 2.24) is 29.6 Å². The van der Waals surface area contributed by atoms with E-state index in [9.17, 15) is 14.4 Å². The van der Waals surface area contributed by atoms with Gasteiger partial charge in [-0.2, -0.15) is 9.36 Å². The van der Waals surface area contributed by atoms with Gasteiger partial charge in [-0.3, -0.25) is 14.3 Å². The lowest BCUT2D eigenvalue weighted by atomic mass is 10.1. The second-order valence-electron chi connectivity index (χ2n) is 5.12. The van der Waals surface area contributed by atoms with Gasteiger partial charge in [-0.1, -0.05) is 23.2 Å². The molecule has 0 amide bonds. The van der Waals surface area contributed by atoms with Gasteiger partial charge in [0.2, 0.25) is 5.78 Å². The topological polar surface area (TPSA) is 108 Å². The third-order valence-corrected chi connectivity index (χ3v) is 4.33. The van der Waals surface area contributed by atoms with E-state index < -0.39 is 17.0 Å². The average molecular weight is 383 g/mol. The summed E-state index contributed by atoms with van der Waals surface area (Å²) in [7, 11) is 1.41. The first kappa shape index (κ1) is 17.2. The summed E-state index contributed by atoms with van der Waals surface area (Å²) in [5.41, 5.74) is -1.06. The first-order chi connectivity index (χ1) is 11.9. The smallest absolute Gasteiger partial charge is 0.302 e. The maximum atomic E-state index is 12.7. The summed E-state index contributed by atoms with van der Waals surface area (Å²) < 4.78 is 3.17. The predicted octanol–water partition coefficient (Wildman–Crippen LogP) is 1.01. The number of H-pyrrole nitrogens is 1. The Balaban J connectivity index is 2.19. The Kier molecular flexibility index (Phi) is 4.36.